The van der Waals surface area contributed by atoms with E-state index in [9.17, 15) is 5.11 Å². The van der Waals surface area contributed by atoms with Crippen molar-refractivity contribution in [2.24, 2.45) is 0 Å². The second-order valence-corrected chi connectivity index (χ2v) is 4.73. The molecule has 3 nitrogen and oxygen atoms in total. The molecule has 0 amide bonds. The largest absolute Gasteiger partial charge is 0.392 e. The average molecular weight is 244 g/mol. The lowest BCUT2D eigenvalue weighted by molar-refractivity contribution is 0.0565. The predicted octanol–water partition coefficient (Wildman–Crippen LogP) is 2.20. The Morgan fingerprint density at radius 3 is 1.94 bits per heavy atom. The lowest BCUT2D eigenvalue weighted by Crippen LogP contribution is -2.42. The molecule has 17 heavy (non-hydrogen) atoms. The molecule has 0 aliphatic carbocycles. The first-order chi connectivity index (χ1) is 8.10. The number of aliphatic hydroxyl groups is 1. The highest BCUT2D eigenvalue weighted by molar-refractivity contribution is 4.73. The number of aliphatic hydroxyl groups excluding tert-OH is 1. The SMILES string of the molecule is CCC(O)C(C)N(CC)CCCN(CC)CC. The van der Waals surface area contributed by atoms with Crippen LogP contribution in [0.3, 0.4) is 0 Å². The minimum absolute atomic E-state index is 0.191. The first-order valence-electron chi connectivity index (χ1n) is 7.24. The second-order valence-electron chi connectivity index (χ2n) is 4.73. The summed E-state index contributed by atoms with van der Waals surface area (Å²) in [6, 6.07) is 0.279. The average Bonchev–Trinajstić information content (AvgIpc) is 2.37. The van der Waals surface area contributed by atoms with Crippen molar-refractivity contribution in [1.82, 2.24) is 9.80 Å². The predicted molar refractivity (Wildman–Crippen MR) is 75.4 cm³/mol. The van der Waals surface area contributed by atoms with Crippen molar-refractivity contribution >= 4 is 0 Å². The smallest absolute Gasteiger partial charge is 0.0690 e. The van der Waals surface area contributed by atoms with Gasteiger partial charge in [0, 0.05) is 6.04 Å². The van der Waals surface area contributed by atoms with Crippen LogP contribution in [-0.4, -0.2) is 59.8 Å². The standard InChI is InChI=1S/C14H32N2O/c1-6-14(17)13(5)16(9-4)12-10-11-15(7-2)8-3/h13-14,17H,6-12H2,1-5H3. The maximum Gasteiger partial charge on any atom is 0.0690 e. The summed E-state index contributed by atoms with van der Waals surface area (Å²) in [7, 11) is 0. The molecule has 2 unspecified atom stereocenters. The van der Waals surface area contributed by atoms with Crippen LogP contribution in [0.5, 0.6) is 0 Å². The lowest BCUT2D eigenvalue weighted by Gasteiger charge is -2.31. The Bertz CT molecular complexity index is 172. The molecule has 0 saturated heterocycles. The molecule has 0 rings (SSSR count). The Morgan fingerprint density at radius 1 is 0.941 bits per heavy atom. The molecule has 0 spiro atoms. The van der Waals surface area contributed by atoms with Gasteiger partial charge in [0.25, 0.3) is 0 Å². The summed E-state index contributed by atoms with van der Waals surface area (Å²) < 4.78 is 0. The van der Waals surface area contributed by atoms with Gasteiger partial charge < -0.3 is 10.0 Å². The molecule has 0 radical (unpaired) electrons. The van der Waals surface area contributed by atoms with Crippen LogP contribution in [0.15, 0.2) is 0 Å². The maximum absolute atomic E-state index is 9.88. The quantitative estimate of drug-likeness (QED) is 0.638. The van der Waals surface area contributed by atoms with Crippen molar-refractivity contribution < 1.29 is 5.11 Å². The summed E-state index contributed by atoms with van der Waals surface area (Å²) in [5.41, 5.74) is 0. The van der Waals surface area contributed by atoms with Crippen molar-refractivity contribution in [3.05, 3.63) is 0 Å². The third-order valence-corrected chi connectivity index (χ3v) is 3.77. The molecule has 0 aliphatic rings. The third-order valence-electron chi connectivity index (χ3n) is 3.77. The third kappa shape index (κ3) is 6.39. The van der Waals surface area contributed by atoms with Crippen LogP contribution in [-0.2, 0) is 0 Å². The van der Waals surface area contributed by atoms with Gasteiger partial charge in [0.1, 0.15) is 0 Å². The van der Waals surface area contributed by atoms with Gasteiger partial charge in [-0.25, -0.2) is 0 Å². The van der Waals surface area contributed by atoms with E-state index in [2.05, 4.69) is 37.5 Å². The van der Waals surface area contributed by atoms with Crippen LogP contribution >= 0.6 is 0 Å². The molecule has 0 saturated carbocycles. The molecule has 0 heterocycles. The van der Waals surface area contributed by atoms with Gasteiger partial charge in [-0.1, -0.05) is 27.7 Å². The molecule has 0 fully saturated rings. The first-order valence-corrected chi connectivity index (χ1v) is 7.24. The Balaban J connectivity index is 3.97. The van der Waals surface area contributed by atoms with Gasteiger partial charge in [-0.05, 0) is 52.5 Å². The molecule has 2 atom stereocenters. The van der Waals surface area contributed by atoms with Crippen molar-refractivity contribution in [3.63, 3.8) is 0 Å². The number of hydrogen-bond donors (Lipinski definition) is 1. The fourth-order valence-corrected chi connectivity index (χ4v) is 2.27. The zero-order chi connectivity index (χ0) is 13.3. The Morgan fingerprint density at radius 2 is 1.53 bits per heavy atom. The van der Waals surface area contributed by atoms with Gasteiger partial charge in [-0.2, -0.15) is 0 Å². The van der Waals surface area contributed by atoms with Crippen LogP contribution in [0.2, 0.25) is 0 Å². The Kier molecular flexibility index (Phi) is 9.79. The molecule has 0 bridgehead atoms. The highest BCUT2D eigenvalue weighted by Gasteiger charge is 2.18. The lowest BCUT2D eigenvalue weighted by atomic mass is 10.1. The summed E-state index contributed by atoms with van der Waals surface area (Å²) >= 11 is 0. The molecule has 0 aromatic carbocycles. The fraction of sp³-hybridized carbons (Fsp3) is 1.00. The number of hydrogen-bond acceptors (Lipinski definition) is 3. The number of rotatable bonds is 10. The van der Waals surface area contributed by atoms with Crippen molar-refractivity contribution in [2.75, 3.05) is 32.7 Å². The van der Waals surface area contributed by atoms with E-state index in [-0.39, 0.29) is 12.1 Å². The van der Waals surface area contributed by atoms with Gasteiger partial charge in [0.2, 0.25) is 0 Å². The van der Waals surface area contributed by atoms with E-state index in [1.165, 1.54) is 13.0 Å². The molecule has 0 aromatic rings. The molecular formula is C14H32N2O. The van der Waals surface area contributed by atoms with Gasteiger partial charge in [0.15, 0.2) is 0 Å². The fourth-order valence-electron chi connectivity index (χ4n) is 2.27. The van der Waals surface area contributed by atoms with E-state index in [0.29, 0.717) is 0 Å². The van der Waals surface area contributed by atoms with Gasteiger partial charge in [-0.3, -0.25) is 4.90 Å². The van der Waals surface area contributed by atoms with Crippen molar-refractivity contribution in [3.8, 4) is 0 Å². The Labute approximate surface area is 108 Å². The van der Waals surface area contributed by atoms with E-state index in [4.69, 9.17) is 0 Å². The summed E-state index contributed by atoms with van der Waals surface area (Å²) in [5, 5.41) is 9.88. The second kappa shape index (κ2) is 9.86. The van der Waals surface area contributed by atoms with Crippen LogP contribution in [0.1, 0.15) is 47.5 Å². The summed E-state index contributed by atoms with van der Waals surface area (Å²) in [5.74, 6) is 0. The van der Waals surface area contributed by atoms with E-state index in [0.717, 1.165) is 32.6 Å². The number of nitrogens with zero attached hydrogens (tertiary/aromatic N) is 2. The van der Waals surface area contributed by atoms with Crippen LogP contribution in [0, 0.1) is 0 Å². The van der Waals surface area contributed by atoms with E-state index >= 15 is 0 Å². The van der Waals surface area contributed by atoms with Crippen LogP contribution in [0.4, 0.5) is 0 Å². The van der Waals surface area contributed by atoms with Crippen LogP contribution in [0.25, 0.3) is 0 Å². The Hall–Kier alpha value is -0.120. The highest BCUT2D eigenvalue weighted by atomic mass is 16.3. The van der Waals surface area contributed by atoms with Crippen molar-refractivity contribution in [2.45, 2.75) is 59.6 Å². The zero-order valence-electron chi connectivity index (χ0n) is 12.4. The summed E-state index contributed by atoms with van der Waals surface area (Å²) in [6.07, 6.45) is 1.84. The zero-order valence-corrected chi connectivity index (χ0v) is 12.4. The molecule has 0 aromatic heterocycles. The topological polar surface area (TPSA) is 26.7 Å². The minimum atomic E-state index is -0.191. The van der Waals surface area contributed by atoms with E-state index in [1.807, 2.05) is 6.92 Å². The number of likely N-dealkylation sites (N-methyl/N-ethyl adjacent to an activating group) is 1. The molecule has 0 aliphatic heterocycles. The van der Waals surface area contributed by atoms with Gasteiger partial charge >= 0.3 is 0 Å². The summed E-state index contributed by atoms with van der Waals surface area (Å²) in [6.45, 7) is 16.3. The monoisotopic (exact) mass is 244 g/mol. The van der Waals surface area contributed by atoms with Gasteiger partial charge in [0.05, 0.1) is 6.10 Å². The molecule has 1 N–H and O–H groups in total. The van der Waals surface area contributed by atoms with Crippen molar-refractivity contribution in [1.29, 1.82) is 0 Å². The highest BCUT2D eigenvalue weighted by Crippen LogP contribution is 2.08. The normalized spacial score (nSPS) is 15.5. The molecule has 3 heteroatoms. The molecule has 104 valence electrons. The first kappa shape index (κ1) is 16.9. The van der Waals surface area contributed by atoms with E-state index < -0.39 is 0 Å². The van der Waals surface area contributed by atoms with E-state index in [1.54, 1.807) is 0 Å². The maximum atomic E-state index is 9.88. The summed E-state index contributed by atoms with van der Waals surface area (Å²) in [4.78, 5) is 4.84. The molecular weight excluding hydrogens is 212 g/mol. The minimum Gasteiger partial charge on any atom is -0.392 e. The van der Waals surface area contributed by atoms with Crippen LogP contribution < -0.4 is 0 Å². The van der Waals surface area contributed by atoms with Gasteiger partial charge in [-0.15, -0.1) is 0 Å².